The third-order valence-electron chi connectivity index (χ3n) is 4.31. The van der Waals surface area contributed by atoms with E-state index in [9.17, 15) is 0 Å². The van der Waals surface area contributed by atoms with Crippen LogP contribution in [0.5, 0.6) is 11.5 Å². The maximum Gasteiger partial charge on any atom is 0.267 e. The molecule has 0 bridgehead atoms. The van der Waals surface area contributed by atoms with Gasteiger partial charge in [-0.3, -0.25) is 0 Å². The fraction of sp³-hybridized carbons (Fsp3) is 0.154. The number of allylic oxidation sites excluding steroid dienone is 2. The van der Waals surface area contributed by atoms with Gasteiger partial charge in [0.05, 0.1) is 0 Å². The highest BCUT2D eigenvalue weighted by Crippen LogP contribution is 2.31. The van der Waals surface area contributed by atoms with Crippen molar-refractivity contribution in [3.8, 4) is 11.5 Å². The average Bonchev–Trinajstić information content (AvgIpc) is 2.70. The van der Waals surface area contributed by atoms with Gasteiger partial charge >= 0.3 is 0 Å². The van der Waals surface area contributed by atoms with E-state index >= 15 is 0 Å². The SMILES string of the molecule is C/C=C\c1ccccc1OC(Oc1ccccc1/C=C\C)c1cccc(C)c1. The van der Waals surface area contributed by atoms with Gasteiger partial charge in [-0.15, -0.1) is 0 Å². The van der Waals surface area contributed by atoms with Crippen LogP contribution in [0.25, 0.3) is 12.2 Å². The standard InChI is InChI=1S/C26H26O2/c1-4-11-21-14-6-8-17-24(21)27-26(23-16-10-13-20(3)19-23)28-25-18-9-7-15-22(25)12-5-2/h4-19,26H,1-3H3/b11-4-,12-5-. The van der Waals surface area contributed by atoms with E-state index < -0.39 is 6.29 Å². The van der Waals surface area contributed by atoms with Gasteiger partial charge in [-0.05, 0) is 39.0 Å². The van der Waals surface area contributed by atoms with Crippen LogP contribution in [-0.4, -0.2) is 0 Å². The third kappa shape index (κ3) is 4.92. The minimum Gasteiger partial charge on any atom is -0.450 e. The first-order chi connectivity index (χ1) is 13.7. The minimum absolute atomic E-state index is 0.558. The Bertz CT molecular complexity index is 912. The maximum absolute atomic E-state index is 6.38. The van der Waals surface area contributed by atoms with Crippen molar-refractivity contribution in [3.05, 3.63) is 107 Å². The van der Waals surface area contributed by atoms with E-state index in [-0.39, 0.29) is 0 Å². The molecule has 28 heavy (non-hydrogen) atoms. The number of hydrogen-bond donors (Lipinski definition) is 0. The number of ether oxygens (including phenoxy) is 2. The van der Waals surface area contributed by atoms with Crippen LogP contribution in [0.2, 0.25) is 0 Å². The average molecular weight is 370 g/mol. The van der Waals surface area contributed by atoms with Crippen LogP contribution in [0, 0.1) is 6.92 Å². The van der Waals surface area contributed by atoms with Crippen molar-refractivity contribution in [1.29, 1.82) is 0 Å². The van der Waals surface area contributed by atoms with E-state index in [2.05, 4.69) is 19.1 Å². The molecule has 0 aliphatic heterocycles. The van der Waals surface area contributed by atoms with Gasteiger partial charge < -0.3 is 9.47 Å². The van der Waals surface area contributed by atoms with Gasteiger partial charge in [-0.25, -0.2) is 0 Å². The summed E-state index contributed by atoms with van der Waals surface area (Å²) in [4.78, 5) is 0. The largest absolute Gasteiger partial charge is 0.450 e. The van der Waals surface area contributed by atoms with Crippen molar-refractivity contribution in [2.45, 2.75) is 27.1 Å². The van der Waals surface area contributed by atoms with Crippen LogP contribution < -0.4 is 9.47 Å². The highest BCUT2D eigenvalue weighted by molar-refractivity contribution is 5.58. The van der Waals surface area contributed by atoms with Gasteiger partial charge in [0.2, 0.25) is 0 Å². The zero-order valence-electron chi connectivity index (χ0n) is 16.6. The molecule has 0 saturated carbocycles. The van der Waals surface area contributed by atoms with Gasteiger partial charge in [-0.2, -0.15) is 0 Å². The molecular formula is C26H26O2. The van der Waals surface area contributed by atoms with E-state index in [1.807, 2.05) is 98.8 Å². The van der Waals surface area contributed by atoms with Crippen molar-refractivity contribution >= 4 is 12.2 Å². The fourth-order valence-corrected chi connectivity index (χ4v) is 3.02. The number of rotatable bonds is 7. The van der Waals surface area contributed by atoms with Crippen molar-refractivity contribution in [3.63, 3.8) is 0 Å². The molecule has 0 radical (unpaired) electrons. The van der Waals surface area contributed by atoms with Crippen molar-refractivity contribution < 1.29 is 9.47 Å². The first kappa shape index (κ1) is 19.5. The summed E-state index contributed by atoms with van der Waals surface area (Å²) in [6, 6.07) is 24.2. The van der Waals surface area contributed by atoms with Crippen LogP contribution in [0.1, 0.15) is 42.4 Å². The van der Waals surface area contributed by atoms with Crippen LogP contribution in [0.15, 0.2) is 84.9 Å². The number of benzene rings is 3. The second-order valence-electron chi connectivity index (χ2n) is 6.56. The van der Waals surface area contributed by atoms with E-state index in [1.54, 1.807) is 0 Å². The molecule has 0 saturated heterocycles. The van der Waals surface area contributed by atoms with Gasteiger partial charge in [-0.1, -0.05) is 84.5 Å². The molecular weight excluding hydrogens is 344 g/mol. The van der Waals surface area contributed by atoms with Crippen LogP contribution in [-0.2, 0) is 0 Å². The molecule has 0 N–H and O–H groups in total. The summed E-state index contributed by atoms with van der Waals surface area (Å²) in [5, 5.41) is 0. The number of hydrogen-bond acceptors (Lipinski definition) is 2. The monoisotopic (exact) mass is 370 g/mol. The second-order valence-corrected chi connectivity index (χ2v) is 6.56. The molecule has 142 valence electrons. The summed E-state index contributed by atoms with van der Waals surface area (Å²) in [6.45, 7) is 6.07. The lowest BCUT2D eigenvalue weighted by molar-refractivity contribution is 0.00344. The Balaban J connectivity index is 2.00. The second kappa shape index (κ2) is 9.61. The first-order valence-corrected chi connectivity index (χ1v) is 9.54. The molecule has 0 unspecified atom stereocenters. The topological polar surface area (TPSA) is 18.5 Å². The van der Waals surface area contributed by atoms with Crippen LogP contribution in [0.4, 0.5) is 0 Å². The Labute approximate surface area is 167 Å². The predicted molar refractivity (Wildman–Crippen MR) is 117 cm³/mol. The van der Waals surface area contributed by atoms with Gasteiger partial charge in [0.1, 0.15) is 11.5 Å². The first-order valence-electron chi connectivity index (χ1n) is 9.54. The fourth-order valence-electron chi connectivity index (χ4n) is 3.02. The predicted octanol–water partition coefficient (Wildman–Crippen LogP) is 7.22. The molecule has 0 atom stereocenters. The van der Waals surface area contributed by atoms with Crippen molar-refractivity contribution in [2.24, 2.45) is 0 Å². The molecule has 3 aromatic carbocycles. The highest BCUT2D eigenvalue weighted by Gasteiger charge is 2.18. The summed E-state index contributed by atoms with van der Waals surface area (Å²) in [5.74, 6) is 1.58. The Morgan fingerprint density at radius 3 is 1.71 bits per heavy atom. The summed E-state index contributed by atoms with van der Waals surface area (Å²) in [6.07, 6.45) is 7.53. The molecule has 0 aromatic heterocycles. The molecule has 0 amide bonds. The lowest BCUT2D eigenvalue weighted by atomic mass is 10.1. The quantitative estimate of drug-likeness (QED) is 0.409. The van der Waals surface area contributed by atoms with Gasteiger partial charge in [0, 0.05) is 16.7 Å². The zero-order valence-corrected chi connectivity index (χ0v) is 16.6. The van der Waals surface area contributed by atoms with Crippen molar-refractivity contribution in [1.82, 2.24) is 0 Å². The zero-order chi connectivity index (χ0) is 19.8. The molecule has 3 aromatic rings. The van der Waals surface area contributed by atoms with E-state index in [0.717, 1.165) is 33.8 Å². The molecule has 0 heterocycles. The molecule has 0 aliphatic carbocycles. The highest BCUT2D eigenvalue weighted by atomic mass is 16.7. The minimum atomic E-state index is -0.558. The molecule has 2 nitrogen and oxygen atoms in total. The number of para-hydroxylation sites is 2. The Kier molecular flexibility index (Phi) is 6.69. The summed E-state index contributed by atoms with van der Waals surface area (Å²) in [7, 11) is 0. The van der Waals surface area contributed by atoms with Crippen molar-refractivity contribution in [2.75, 3.05) is 0 Å². The lowest BCUT2D eigenvalue weighted by Crippen LogP contribution is -2.16. The van der Waals surface area contributed by atoms with Gasteiger partial charge in [0.25, 0.3) is 6.29 Å². The smallest absolute Gasteiger partial charge is 0.267 e. The maximum atomic E-state index is 6.38. The lowest BCUT2D eigenvalue weighted by Gasteiger charge is -2.23. The molecule has 3 rings (SSSR count). The third-order valence-corrected chi connectivity index (χ3v) is 4.31. The molecule has 2 heteroatoms. The van der Waals surface area contributed by atoms with E-state index in [0.29, 0.717) is 0 Å². The van der Waals surface area contributed by atoms with Crippen LogP contribution in [0.3, 0.4) is 0 Å². The Morgan fingerprint density at radius 1 is 0.679 bits per heavy atom. The summed E-state index contributed by atoms with van der Waals surface area (Å²) >= 11 is 0. The molecule has 0 aliphatic rings. The summed E-state index contributed by atoms with van der Waals surface area (Å²) < 4.78 is 12.8. The van der Waals surface area contributed by atoms with E-state index in [1.165, 1.54) is 0 Å². The molecule has 0 fully saturated rings. The number of aryl methyl sites for hydroxylation is 1. The van der Waals surface area contributed by atoms with E-state index in [4.69, 9.17) is 9.47 Å². The summed E-state index contributed by atoms with van der Waals surface area (Å²) in [5.41, 5.74) is 4.18. The normalized spacial score (nSPS) is 11.4. The molecule has 0 spiro atoms. The Hall–Kier alpha value is -3.26. The Morgan fingerprint density at radius 2 is 1.21 bits per heavy atom. The van der Waals surface area contributed by atoms with Gasteiger partial charge in [0.15, 0.2) is 0 Å². The van der Waals surface area contributed by atoms with Crippen LogP contribution >= 0.6 is 0 Å².